The van der Waals surface area contributed by atoms with Gasteiger partial charge in [0.15, 0.2) is 5.03 Å². The summed E-state index contributed by atoms with van der Waals surface area (Å²) in [6.45, 7) is 1.14. The lowest BCUT2D eigenvalue weighted by atomic mass is 10.3. The highest BCUT2D eigenvalue weighted by molar-refractivity contribution is 7.89. The lowest BCUT2D eigenvalue weighted by molar-refractivity contribution is 0.0757. The van der Waals surface area contributed by atoms with Crippen molar-refractivity contribution in [3.63, 3.8) is 0 Å². The Kier molecular flexibility index (Phi) is 4.44. The van der Waals surface area contributed by atoms with E-state index in [-0.39, 0.29) is 35.3 Å². The van der Waals surface area contributed by atoms with Crippen LogP contribution in [0.5, 0.6) is 0 Å². The second-order valence-corrected chi connectivity index (χ2v) is 7.18. The van der Waals surface area contributed by atoms with Crippen molar-refractivity contribution >= 4 is 15.9 Å². The molecule has 0 spiro atoms. The fourth-order valence-electron chi connectivity index (χ4n) is 2.49. The molecule has 1 aliphatic rings. The highest BCUT2D eigenvalue weighted by Crippen LogP contribution is 2.15. The normalized spacial score (nSPS) is 16.8. The van der Waals surface area contributed by atoms with Crippen molar-refractivity contribution in [2.45, 2.75) is 11.4 Å². The monoisotopic (exact) mass is 352 g/mol. The first-order valence-corrected chi connectivity index (χ1v) is 8.76. The number of imidazole rings is 1. The zero-order valence-corrected chi connectivity index (χ0v) is 13.5. The number of aromatic amines is 2. The Morgan fingerprint density at radius 2 is 2.00 bits per heavy atom. The Hall–Kier alpha value is -2.53. The van der Waals surface area contributed by atoms with Gasteiger partial charge >= 0.3 is 0 Å². The molecular weight excluding hydrogens is 336 g/mol. The van der Waals surface area contributed by atoms with E-state index in [4.69, 9.17) is 0 Å². The van der Waals surface area contributed by atoms with Crippen LogP contribution in [-0.4, -0.2) is 69.9 Å². The van der Waals surface area contributed by atoms with Crippen LogP contribution in [0, 0.1) is 0 Å². The van der Waals surface area contributed by atoms with Crippen molar-refractivity contribution in [2.75, 3.05) is 26.2 Å². The first-order chi connectivity index (χ1) is 11.5. The van der Waals surface area contributed by atoms with E-state index in [1.165, 1.54) is 33.9 Å². The van der Waals surface area contributed by atoms with Gasteiger partial charge in [-0.1, -0.05) is 0 Å². The van der Waals surface area contributed by atoms with E-state index in [2.05, 4.69) is 20.2 Å². The summed E-state index contributed by atoms with van der Waals surface area (Å²) in [6, 6.07) is 2.58. The summed E-state index contributed by atoms with van der Waals surface area (Å²) in [6.07, 6.45) is 3.07. The van der Waals surface area contributed by atoms with E-state index >= 15 is 0 Å². The van der Waals surface area contributed by atoms with Crippen LogP contribution < -0.4 is 5.56 Å². The highest BCUT2D eigenvalue weighted by atomic mass is 32.2. The van der Waals surface area contributed by atoms with Crippen molar-refractivity contribution in [3.8, 4) is 0 Å². The molecule has 2 aromatic heterocycles. The Morgan fingerprint density at radius 1 is 1.17 bits per heavy atom. The molecule has 2 aromatic rings. The Balaban J connectivity index is 1.72. The number of rotatable bonds is 3. The molecule has 1 aliphatic heterocycles. The van der Waals surface area contributed by atoms with Gasteiger partial charge in [0.05, 0.1) is 12.5 Å². The summed E-state index contributed by atoms with van der Waals surface area (Å²) in [5, 5.41) is 5.97. The molecule has 11 heteroatoms. The number of H-pyrrole nitrogens is 2. The molecule has 128 valence electrons. The second kappa shape index (κ2) is 6.53. The molecule has 24 heavy (non-hydrogen) atoms. The zero-order chi connectivity index (χ0) is 17.2. The minimum atomic E-state index is -3.65. The molecule has 0 atom stereocenters. The molecule has 1 fully saturated rings. The van der Waals surface area contributed by atoms with E-state index < -0.39 is 10.0 Å². The van der Waals surface area contributed by atoms with Crippen LogP contribution in [0.15, 0.2) is 34.5 Å². The Labute approximate surface area is 137 Å². The maximum atomic E-state index is 12.5. The zero-order valence-electron chi connectivity index (χ0n) is 12.7. The van der Waals surface area contributed by atoms with Gasteiger partial charge in [-0.15, -0.1) is 0 Å². The average Bonchev–Trinajstić information content (AvgIpc) is 3.00. The van der Waals surface area contributed by atoms with Gasteiger partial charge in [0.1, 0.15) is 5.69 Å². The molecule has 0 aromatic carbocycles. The molecular formula is C13H16N6O4S. The number of nitrogens with one attached hydrogen (secondary N) is 2. The van der Waals surface area contributed by atoms with E-state index in [9.17, 15) is 18.0 Å². The van der Waals surface area contributed by atoms with Crippen molar-refractivity contribution in [1.82, 2.24) is 29.4 Å². The average molecular weight is 352 g/mol. The third-order valence-corrected chi connectivity index (χ3v) is 5.56. The van der Waals surface area contributed by atoms with Gasteiger partial charge in [0, 0.05) is 32.2 Å². The topological polar surface area (TPSA) is 132 Å². The van der Waals surface area contributed by atoms with E-state index in [1.807, 2.05) is 0 Å². The molecule has 3 rings (SSSR count). The lowest BCUT2D eigenvalue weighted by Gasteiger charge is -2.21. The van der Waals surface area contributed by atoms with Gasteiger partial charge in [-0.05, 0) is 12.5 Å². The Bertz CT molecular complexity index is 856. The molecule has 0 saturated carbocycles. The molecule has 1 amide bonds. The van der Waals surface area contributed by atoms with Gasteiger partial charge in [-0.25, -0.2) is 18.5 Å². The van der Waals surface area contributed by atoms with Gasteiger partial charge in [0.25, 0.3) is 21.5 Å². The molecule has 0 bridgehead atoms. The summed E-state index contributed by atoms with van der Waals surface area (Å²) in [7, 11) is -3.65. The van der Waals surface area contributed by atoms with Crippen LogP contribution in [0.1, 0.15) is 16.9 Å². The van der Waals surface area contributed by atoms with Crippen LogP contribution in [0.25, 0.3) is 0 Å². The molecule has 1 saturated heterocycles. The number of sulfonamides is 1. The van der Waals surface area contributed by atoms with Gasteiger partial charge < -0.3 is 9.88 Å². The first-order valence-electron chi connectivity index (χ1n) is 7.32. The predicted octanol–water partition coefficient (Wildman–Crippen LogP) is -0.970. The van der Waals surface area contributed by atoms with Crippen LogP contribution >= 0.6 is 0 Å². The molecule has 0 unspecified atom stereocenters. The summed E-state index contributed by atoms with van der Waals surface area (Å²) in [5.41, 5.74) is -0.265. The molecule has 10 nitrogen and oxygen atoms in total. The smallest absolute Gasteiger partial charge is 0.274 e. The van der Waals surface area contributed by atoms with Crippen molar-refractivity contribution in [1.29, 1.82) is 0 Å². The van der Waals surface area contributed by atoms with Crippen LogP contribution in [0.4, 0.5) is 0 Å². The highest BCUT2D eigenvalue weighted by Gasteiger charge is 2.29. The van der Waals surface area contributed by atoms with Crippen LogP contribution in [-0.2, 0) is 10.0 Å². The number of carbonyl (C=O) groups is 1. The number of aromatic nitrogens is 4. The molecule has 0 aliphatic carbocycles. The number of hydrogen-bond acceptors (Lipinski definition) is 6. The van der Waals surface area contributed by atoms with Gasteiger partial charge in [-0.2, -0.15) is 9.40 Å². The maximum absolute atomic E-state index is 12.5. The minimum Gasteiger partial charge on any atom is -0.336 e. The van der Waals surface area contributed by atoms with Crippen LogP contribution in [0.2, 0.25) is 0 Å². The van der Waals surface area contributed by atoms with Crippen molar-refractivity contribution in [2.24, 2.45) is 0 Å². The molecule has 2 N–H and O–H groups in total. The number of carbonyl (C=O) groups excluding carboxylic acids is 1. The SMILES string of the molecule is O=C(c1ccc(=O)[nH]n1)N1CCCN(S(=O)(=O)c2cnc[nH]2)CC1. The lowest BCUT2D eigenvalue weighted by Crippen LogP contribution is -2.38. The molecule has 0 radical (unpaired) electrons. The fraction of sp³-hybridized carbons (Fsp3) is 0.385. The number of nitrogens with zero attached hydrogens (tertiary/aromatic N) is 4. The summed E-state index contributed by atoms with van der Waals surface area (Å²) >= 11 is 0. The second-order valence-electron chi connectivity index (χ2n) is 5.27. The standard InChI is InChI=1S/C13H16N6O4S/c20-11-3-2-10(16-17-11)13(21)18-4-1-5-19(7-6-18)24(22,23)12-8-14-9-15-12/h2-3,8-9H,1,4-7H2,(H,14,15)(H,17,20). The largest absolute Gasteiger partial charge is 0.336 e. The fourth-order valence-corrected chi connectivity index (χ4v) is 3.85. The maximum Gasteiger partial charge on any atom is 0.274 e. The van der Waals surface area contributed by atoms with Crippen LogP contribution in [0.3, 0.4) is 0 Å². The van der Waals surface area contributed by atoms with Gasteiger partial charge in [-0.3, -0.25) is 9.59 Å². The third-order valence-electron chi connectivity index (χ3n) is 3.73. The summed E-state index contributed by atoms with van der Waals surface area (Å²) in [4.78, 5) is 31.3. The van der Waals surface area contributed by atoms with Crippen molar-refractivity contribution in [3.05, 3.63) is 40.7 Å². The molecule has 3 heterocycles. The van der Waals surface area contributed by atoms with E-state index in [0.717, 1.165) is 0 Å². The number of hydrogen-bond donors (Lipinski definition) is 2. The minimum absolute atomic E-state index is 0.0320. The first kappa shape index (κ1) is 16.3. The van der Waals surface area contributed by atoms with Crippen molar-refractivity contribution < 1.29 is 13.2 Å². The Morgan fingerprint density at radius 3 is 2.67 bits per heavy atom. The quantitative estimate of drug-likeness (QED) is 0.730. The third kappa shape index (κ3) is 3.21. The summed E-state index contributed by atoms with van der Waals surface area (Å²) in [5.74, 6) is -0.341. The van der Waals surface area contributed by atoms with E-state index in [1.54, 1.807) is 0 Å². The number of amides is 1. The van der Waals surface area contributed by atoms with Gasteiger partial charge in [0.2, 0.25) is 0 Å². The summed E-state index contributed by atoms with van der Waals surface area (Å²) < 4.78 is 26.3. The van der Waals surface area contributed by atoms with E-state index in [0.29, 0.717) is 19.5 Å². The predicted molar refractivity (Wildman–Crippen MR) is 82.7 cm³/mol.